The molecule has 7 heteroatoms. The van der Waals surface area contributed by atoms with Crippen molar-refractivity contribution in [2.75, 3.05) is 11.9 Å². The molecule has 1 atom stereocenters. The molecule has 29 heavy (non-hydrogen) atoms. The molecule has 0 aliphatic carbocycles. The summed E-state index contributed by atoms with van der Waals surface area (Å²) in [6, 6.07) is 13.7. The standard InChI is InChI=1S/C22H26BrN3O3/c1-14(2)20(26-21(28)16-6-4-15(3)5-7-16)22(29)24-13-12-19(27)25-18-10-8-17(23)9-11-18/h4-11,14,20H,12-13H2,1-3H3,(H,24,29)(H,25,27)(H,26,28). The molecule has 3 amide bonds. The van der Waals surface area contributed by atoms with Crippen LogP contribution in [0.4, 0.5) is 5.69 Å². The Kier molecular flexibility index (Phi) is 8.39. The van der Waals surface area contributed by atoms with Gasteiger partial charge in [-0.05, 0) is 49.2 Å². The van der Waals surface area contributed by atoms with Crippen molar-refractivity contribution in [1.82, 2.24) is 10.6 Å². The number of nitrogens with one attached hydrogen (secondary N) is 3. The smallest absolute Gasteiger partial charge is 0.251 e. The predicted octanol–water partition coefficient (Wildman–Crippen LogP) is 3.66. The van der Waals surface area contributed by atoms with Gasteiger partial charge in [-0.2, -0.15) is 0 Å². The van der Waals surface area contributed by atoms with Gasteiger partial charge in [0.1, 0.15) is 6.04 Å². The Hall–Kier alpha value is -2.67. The summed E-state index contributed by atoms with van der Waals surface area (Å²) in [6.45, 7) is 5.85. The van der Waals surface area contributed by atoms with Gasteiger partial charge in [0, 0.05) is 28.7 Å². The van der Waals surface area contributed by atoms with Crippen molar-refractivity contribution in [1.29, 1.82) is 0 Å². The summed E-state index contributed by atoms with van der Waals surface area (Å²) in [7, 11) is 0. The highest BCUT2D eigenvalue weighted by molar-refractivity contribution is 9.10. The average molecular weight is 460 g/mol. The number of hydrogen-bond acceptors (Lipinski definition) is 3. The lowest BCUT2D eigenvalue weighted by Crippen LogP contribution is -2.50. The zero-order chi connectivity index (χ0) is 21.4. The minimum Gasteiger partial charge on any atom is -0.354 e. The Labute approximate surface area is 179 Å². The molecule has 1 unspecified atom stereocenters. The summed E-state index contributed by atoms with van der Waals surface area (Å²) in [5.74, 6) is -0.901. The highest BCUT2D eigenvalue weighted by Gasteiger charge is 2.24. The molecule has 0 heterocycles. The Bertz CT molecular complexity index is 849. The van der Waals surface area contributed by atoms with Gasteiger partial charge < -0.3 is 16.0 Å². The molecule has 0 spiro atoms. The monoisotopic (exact) mass is 459 g/mol. The zero-order valence-corrected chi connectivity index (χ0v) is 18.4. The fourth-order valence-corrected chi connectivity index (χ4v) is 2.89. The maximum atomic E-state index is 12.5. The summed E-state index contributed by atoms with van der Waals surface area (Å²) < 4.78 is 0.926. The minimum atomic E-state index is -0.682. The lowest BCUT2D eigenvalue weighted by atomic mass is 10.0. The van der Waals surface area contributed by atoms with Crippen LogP contribution in [0.15, 0.2) is 53.0 Å². The van der Waals surface area contributed by atoms with Gasteiger partial charge in [-0.3, -0.25) is 14.4 Å². The normalized spacial score (nSPS) is 11.6. The topological polar surface area (TPSA) is 87.3 Å². The Morgan fingerprint density at radius 1 is 0.966 bits per heavy atom. The van der Waals surface area contributed by atoms with E-state index >= 15 is 0 Å². The van der Waals surface area contributed by atoms with Crippen LogP contribution in [-0.2, 0) is 9.59 Å². The Morgan fingerprint density at radius 3 is 2.17 bits per heavy atom. The highest BCUT2D eigenvalue weighted by Crippen LogP contribution is 2.14. The van der Waals surface area contributed by atoms with Crippen molar-refractivity contribution in [2.45, 2.75) is 33.2 Å². The lowest BCUT2D eigenvalue weighted by Gasteiger charge is -2.21. The maximum absolute atomic E-state index is 12.5. The van der Waals surface area contributed by atoms with Crippen molar-refractivity contribution in [3.8, 4) is 0 Å². The van der Waals surface area contributed by atoms with E-state index in [0.717, 1.165) is 10.0 Å². The minimum absolute atomic E-state index is 0.0963. The van der Waals surface area contributed by atoms with Gasteiger partial charge in [0.05, 0.1) is 0 Å². The second-order valence-electron chi connectivity index (χ2n) is 7.16. The number of halogens is 1. The SMILES string of the molecule is Cc1ccc(C(=O)NC(C(=O)NCCC(=O)Nc2ccc(Br)cc2)C(C)C)cc1. The molecule has 2 rings (SSSR count). The molecule has 0 aliphatic heterocycles. The van der Waals surface area contributed by atoms with Crippen LogP contribution in [0.25, 0.3) is 0 Å². The fourth-order valence-electron chi connectivity index (χ4n) is 2.63. The van der Waals surface area contributed by atoms with Crippen molar-refractivity contribution >= 4 is 39.3 Å². The molecule has 154 valence electrons. The van der Waals surface area contributed by atoms with Gasteiger partial charge in [-0.1, -0.05) is 47.5 Å². The first-order valence-electron chi connectivity index (χ1n) is 9.47. The van der Waals surface area contributed by atoms with Crippen LogP contribution in [0.2, 0.25) is 0 Å². The first kappa shape index (κ1) is 22.6. The van der Waals surface area contributed by atoms with E-state index in [2.05, 4.69) is 31.9 Å². The van der Waals surface area contributed by atoms with E-state index in [9.17, 15) is 14.4 Å². The largest absolute Gasteiger partial charge is 0.354 e. The quantitative estimate of drug-likeness (QED) is 0.562. The van der Waals surface area contributed by atoms with Crippen LogP contribution >= 0.6 is 15.9 Å². The van der Waals surface area contributed by atoms with E-state index < -0.39 is 6.04 Å². The molecule has 0 radical (unpaired) electrons. The highest BCUT2D eigenvalue weighted by atomic mass is 79.9. The van der Waals surface area contributed by atoms with Gasteiger partial charge in [-0.25, -0.2) is 0 Å². The molecule has 3 N–H and O–H groups in total. The summed E-state index contributed by atoms with van der Waals surface area (Å²) in [5.41, 5.74) is 2.25. The first-order chi connectivity index (χ1) is 13.8. The molecule has 0 aliphatic rings. The average Bonchev–Trinajstić information content (AvgIpc) is 2.68. The number of anilines is 1. The molecule has 0 aromatic heterocycles. The Balaban J connectivity index is 1.84. The van der Waals surface area contributed by atoms with Gasteiger partial charge in [0.25, 0.3) is 5.91 Å². The van der Waals surface area contributed by atoms with E-state index in [1.165, 1.54) is 0 Å². The number of carbonyl (C=O) groups excluding carboxylic acids is 3. The van der Waals surface area contributed by atoms with Crippen LogP contribution in [0.5, 0.6) is 0 Å². The van der Waals surface area contributed by atoms with Crippen molar-refractivity contribution in [3.05, 3.63) is 64.1 Å². The van der Waals surface area contributed by atoms with E-state index in [1.54, 1.807) is 24.3 Å². The van der Waals surface area contributed by atoms with Crippen LogP contribution in [-0.4, -0.2) is 30.3 Å². The number of carbonyl (C=O) groups is 3. The molecular weight excluding hydrogens is 434 g/mol. The number of benzene rings is 2. The first-order valence-corrected chi connectivity index (χ1v) is 10.3. The second-order valence-corrected chi connectivity index (χ2v) is 8.07. The van der Waals surface area contributed by atoms with Gasteiger partial charge in [0.2, 0.25) is 11.8 Å². The fraction of sp³-hybridized carbons (Fsp3) is 0.318. The van der Waals surface area contributed by atoms with E-state index in [0.29, 0.717) is 11.3 Å². The van der Waals surface area contributed by atoms with Gasteiger partial charge in [0.15, 0.2) is 0 Å². The lowest BCUT2D eigenvalue weighted by molar-refractivity contribution is -0.124. The zero-order valence-electron chi connectivity index (χ0n) is 16.8. The number of rotatable bonds is 8. The third-order valence-corrected chi connectivity index (χ3v) is 4.86. The summed E-state index contributed by atoms with van der Waals surface area (Å²) in [6.07, 6.45) is 0.137. The maximum Gasteiger partial charge on any atom is 0.251 e. The predicted molar refractivity (Wildman–Crippen MR) is 118 cm³/mol. The molecule has 6 nitrogen and oxygen atoms in total. The van der Waals surface area contributed by atoms with Crippen molar-refractivity contribution < 1.29 is 14.4 Å². The van der Waals surface area contributed by atoms with E-state index in [4.69, 9.17) is 0 Å². The molecule has 0 saturated carbocycles. The summed E-state index contributed by atoms with van der Waals surface area (Å²) >= 11 is 3.34. The molecular formula is C22H26BrN3O3. The van der Waals surface area contributed by atoms with E-state index in [-0.39, 0.29) is 36.6 Å². The van der Waals surface area contributed by atoms with E-state index in [1.807, 2.05) is 45.0 Å². The van der Waals surface area contributed by atoms with Crippen LogP contribution in [0, 0.1) is 12.8 Å². The third kappa shape index (κ3) is 7.34. The Morgan fingerprint density at radius 2 is 1.59 bits per heavy atom. The summed E-state index contributed by atoms with van der Waals surface area (Å²) in [4.78, 5) is 37.0. The number of hydrogen-bond donors (Lipinski definition) is 3. The van der Waals surface area contributed by atoms with Crippen LogP contribution in [0.1, 0.15) is 36.2 Å². The van der Waals surface area contributed by atoms with Gasteiger partial charge in [-0.15, -0.1) is 0 Å². The molecule has 2 aromatic rings. The van der Waals surface area contributed by atoms with Crippen LogP contribution < -0.4 is 16.0 Å². The van der Waals surface area contributed by atoms with Crippen LogP contribution in [0.3, 0.4) is 0 Å². The molecule has 2 aromatic carbocycles. The molecule has 0 saturated heterocycles. The van der Waals surface area contributed by atoms with Gasteiger partial charge >= 0.3 is 0 Å². The third-order valence-electron chi connectivity index (χ3n) is 4.33. The summed E-state index contributed by atoms with van der Waals surface area (Å²) in [5, 5.41) is 8.29. The number of aryl methyl sites for hydroxylation is 1. The van der Waals surface area contributed by atoms with Crippen molar-refractivity contribution in [3.63, 3.8) is 0 Å². The molecule has 0 fully saturated rings. The van der Waals surface area contributed by atoms with Crippen molar-refractivity contribution in [2.24, 2.45) is 5.92 Å². The second kappa shape index (κ2) is 10.8. The number of amides is 3. The molecule has 0 bridgehead atoms.